The Morgan fingerprint density at radius 2 is 2.38 bits per heavy atom. The molecule has 6 nitrogen and oxygen atoms in total. The molecule has 2 aliphatic heterocycles. The fourth-order valence-electron chi connectivity index (χ4n) is 3.45. The van der Waals surface area contributed by atoms with E-state index in [2.05, 4.69) is 10.2 Å². The summed E-state index contributed by atoms with van der Waals surface area (Å²) >= 11 is 6.15. The summed E-state index contributed by atoms with van der Waals surface area (Å²) in [5.74, 6) is 0.501. The third kappa shape index (κ3) is 3.67. The number of hydrogen-bond acceptors (Lipinski definition) is 5. The number of rotatable bonds is 5. The molecular weight excluding hydrogens is 330 g/mol. The van der Waals surface area contributed by atoms with Crippen LogP contribution in [0.3, 0.4) is 0 Å². The number of nitrogens with two attached hydrogens (primary N) is 1. The summed E-state index contributed by atoms with van der Waals surface area (Å²) < 4.78 is 11.2. The number of likely N-dealkylation sites (tertiary alicyclic amines) is 1. The highest BCUT2D eigenvalue weighted by Crippen LogP contribution is 2.33. The summed E-state index contributed by atoms with van der Waals surface area (Å²) in [7, 11) is 1.68. The number of carbonyl (C=O) groups excluding carboxylic acids is 1. The van der Waals surface area contributed by atoms with E-state index in [4.69, 9.17) is 26.8 Å². The van der Waals surface area contributed by atoms with Gasteiger partial charge in [-0.15, -0.1) is 0 Å². The van der Waals surface area contributed by atoms with Gasteiger partial charge in [0.15, 0.2) is 0 Å². The molecular formula is C17H24ClN3O3. The molecule has 1 amide bonds. The monoisotopic (exact) mass is 353 g/mol. The van der Waals surface area contributed by atoms with Crippen molar-refractivity contribution in [2.24, 2.45) is 5.73 Å². The second kappa shape index (κ2) is 7.70. The summed E-state index contributed by atoms with van der Waals surface area (Å²) in [6.45, 7) is 3.72. The zero-order valence-corrected chi connectivity index (χ0v) is 14.6. The zero-order valence-electron chi connectivity index (χ0n) is 13.9. The van der Waals surface area contributed by atoms with Gasteiger partial charge in [-0.1, -0.05) is 11.6 Å². The van der Waals surface area contributed by atoms with E-state index in [0.717, 1.165) is 38.0 Å². The fourth-order valence-corrected chi connectivity index (χ4v) is 3.70. The van der Waals surface area contributed by atoms with Crippen LogP contribution in [0.1, 0.15) is 22.3 Å². The van der Waals surface area contributed by atoms with Crippen LogP contribution in [0.4, 0.5) is 0 Å². The molecule has 1 aromatic rings. The van der Waals surface area contributed by atoms with Crippen LogP contribution >= 0.6 is 11.6 Å². The number of ether oxygens (including phenoxy) is 2. The van der Waals surface area contributed by atoms with Crippen LogP contribution in [0, 0.1) is 0 Å². The third-order valence-corrected chi connectivity index (χ3v) is 4.92. The van der Waals surface area contributed by atoms with Crippen molar-refractivity contribution in [2.75, 3.05) is 39.9 Å². The lowest BCUT2D eigenvalue weighted by molar-refractivity contribution is 0.00735. The maximum Gasteiger partial charge on any atom is 0.255 e. The van der Waals surface area contributed by atoms with E-state index in [1.165, 1.54) is 0 Å². The molecule has 2 atom stereocenters. The molecule has 3 N–H and O–H groups in total. The molecule has 2 unspecified atom stereocenters. The van der Waals surface area contributed by atoms with Crippen LogP contribution < -0.4 is 15.8 Å². The smallest absolute Gasteiger partial charge is 0.255 e. The molecule has 0 bridgehead atoms. The number of nitrogens with one attached hydrogen (secondary N) is 1. The number of amides is 1. The van der Waals surface area contributed by atoms with E-state index in [1.807, 2.05) is 6.07 Å². The number of halogens is 1. The molecule has 0 aliphatic carbocycles. The molecule has 1 saturated heterocycles. The molecule has 3 rings (SSSR count). The molecule has 1 fully saturated rings. The molecule has 0 aromatic heterocycles. The van der Waals surface area contributed by atoms with Gasteiger partial charge in [0, 0.05) is 44.7 Å². The van der Waals surface area contributed by atoms with E-state index in [0.29, 0.717) is 29.5 Å². The number of fused-ring (bicyclic) bond motifs is 1. The zero-order chi connectivity index (χ0) is 17.1. The molecule has 7 heteroatoms. The van der Waals surface area contributed by atoms with Gasteiger partial charge in [0.25, 0.3) is 5.91 Å². The molecule has 0 spiro atoms. The third-order valence-electron chi connectivity index (χ3n) is 4.70. The molecule has 0 saturated carbocycles. The van der Waals surface area contributed by atoms with Crippen molar-refractivity contribution in [1.29, 1.82) is 0 Å². The minimum atomic E-state index is -0.157. The Kier molecular flexibility index (Phi) is 5.61. The first-order valence-electron chi connectivity index (χ1n) is 8.33. The second-order valence-corrected chi connectivity index (χ2v) is 6.71. The van der Waals surface area contributed by atoms with Crippen LogP contribution in [-0.4, -0.2) is 62.8 Å². The van der Waals surface area contributed by atoms with Gasteiger partial charge in [0.05, 0.1) is 24.3 Å². The standard InChI is InChI=1S/C17H24ClN3O3/c1-23-15-10-21(6-4-19)5-2-14(15)20-17(22)13-9-12(18)8-11-3-7-24-16(11)13/h8-9,14-15H,2-7,10,19H2,1H3,(H,20,22). The van der Waals surface area contributed by atoms with Crippen LogP contribution in [0.25, 0.3) is 0 Å². The van der Waals surface area contributed by atoms with Gasteiger partial charge < -0.3 is 20.5 Å². The molecule has 1 aromatic carbocycles. The van der Waals surface area contributed by atoms with Crippen molar-refractivity contribution in [3.8, 4) is 5.75 Å². The predicted molar refractivity (Wildman–Crippen MR) is 92.8 cm³/mol. The van der Waals surface area contributed by atoms with Gasteiger partial charge in [-0.3, -0.25) is 9.69 Å². The summed E-state index contributed by atoms with van der Waals surface area (Å²) in [5, 5.41) is 3.66. The number of piperidine rings is 1. The Labute approximate surface area is 147 Å². The fraction of sp³-hybridized carbons (Fsp3) is 0.588. The van der Waals surface area contributed by atoms with Crippen molar-refractivity contribution < 1.29 is 14.3 Å². The van der Waals surface area contributed by atoms with E-state index in [1.54, 1.807) is 13.2 Å². The Morgan fingerprint density at radius 3 is 3.12 bits per heavy atom. The predicted octanol–water partition coefficient (Wildman–Crippen LogP) is 1.05. The summed E-state index contributed by atoms with van der Waals surface area (Å²) in [6, 6.07) is 3.50. The van der Waals surface area contributed by atoms with Gasteiger partial charge in [-0.2, -0.15) is 0 Å². The van der Waals surface area contributed by atoms with E-state index in [9.17, 15) is 4.79 Å². The highest BCUT2D eigenvalue weighted by Gasteiger charge is 2.31. The second-order valence-electron chi connectivity index (χ2n) is 6.27. The van der Waals surface area contributed by atoms with Crippen molar-refractivity contribution in [3.05, 3.63) is 28.3 Å². The quantitative estimate of drug-likeness (QED) is 0.827. The highest BCUT2D eigenvalue weighted by molar-refractivity contribution is 6.31. The van der Waals surface area contributed by atoms with Crippen molar-refractivity contribution in [2.45, 2.75) is 25.0 Å². The number of methoxy groups -OCH3 is 1. The maximum absolute atomic E-state index is 12.8. The van der Waals surface area contributed by atoms with Gasteiger partial charge in [0.1, 0.15) is 5.75 Å². The lowest BCUT2D eigenvalue weighted by Gasteiger charge is -2.38. The topological polar surface area (TPSA) is 76.8 Å². The number of benzene rings is 1. The number of carbonyl (C=O) groups is 1. The largest absolute Gasteiger partial charge is 0.492 e. The van der Waals surface area contributed by atoms with Crippen LogP contribution in [0.5, 0.6) is 5.75 Å². The average molecular weight is 354 g/mol. The first-order valence-corrected chi connectivity index (χ1v) is 8.71. The summed E-state index contributed by atoms with van der Waals surface area (Å²) in [4.78, 5) is 15.0. The van der Waals surface area contributed by atoms with Gasteiger partial charge in [-0.05, 0) is 24.1 Å². The Bertz CT molecular complexity index is 611. The van der Waals surface area contributed by atoms with Crippen LogP contribution in [0.15, 0.2) is 12.1 Å². The molecule has 24 heavy (non-hydrogen) atoms. The maximum atomic E-state index is 12.8. The van der Waals surface area contributed by atoms with Gasteiger partial charge >= 0.3 is 0 Å². The normalized spacial score (nSPS) is 23.6. The molecule has 2 heterocycles. The van der Waals surface area contributed by atoms with Crippen molar-refractivity contribution in [3.63, 3.8) is 0 Å². The first kappa shape index (κ1) is 17.5. The van der Waals surface area contributed by atoms with Crippen molar-refractivity contribution in [1.82, 2.24) is 10.2 Å². The van der Waals surface area contributed by atoms with Crippen molar-refractivity contribution >= 4 is 17.5 Å². The Balaban J connectivity index is 1.71. The Morgan fingerprint density at radius 1 is 1.54 bits per heavy atom. The Hall–Kier alpha value is -1.34. The summed E-state index contributed by atoms with van der Waals surface area (Å²) in [6.07, 6.45) is 1.56. The lowest BCUT2D eigenvalue weighted by Crippen LogP contribution is -2.55. The minimum Gasteiger partial charge on any atom is -0.492 e. The average Bonchev–Trinajstić information content (AvgIpc) is 3.03. The van der Waals surface area contributed by atoms with Gasteiger partial charge in [0.2, 0.25) is 0 Å². The van der Waals surface area contributed by atoms with Gasteiger partial charge in [-0.25, -0.2) is 0 Å². The lowest BCUT2D eigenvalue weighted by atomic mass is 10.0. The van der Waals surface area contributed by atoms with Crippen LogP contribution in [0.2, 0.25) is 5.02 Å². The SMILES string of the molecule is COC1CN(CCN)CCC1NC(=O)c1cc(Cl)cc2c1OCC2. The number of nitrogens with zero attached hydrogens (tertiary/aromatic N) is 1. The summed E-state index contributed by atoms with van der Waals surface area (Å²) in [5.41, 5.74) is 7.13. The minimum absolute atomic E-state index is 0.0347. The molecule has 0 radical (unpaired) electrons. The highest BCUT2D eigenvalue weighted by atomic mass is 35.5. The van der Waals surface area contributed by atoms with E-state index >= 15 is 0 Å². The number of hydrogen-bond donors (Lipinski definition) is 2. The first-order chi connectivity index (χ1) is 11.6. The van der Waals surface area contributed by atoms with E-state index in [-0.39, 0.29) is 18.1 Å². The van der Waals surface area contributed by atoms with Crippen LogP contribution in [-0.2, 0) is 11.2 Å². The molecule has 132 valence electrons. The van der Waals surface area contributed by atoms with E-state index < -0.39 is 0 Å². The molecule has 2 aliphatic rings.